The van der Waals surface area contributed by atoms with Gasteiger partial charge in [-0.2, -0.15) is 11.8 Å². The topological polar surface area (TPSA) is 63.5 Å². The molecule has 1 aromatic heterocycles. The number of amidine groups is 1. The molecule has 2 aromatic rings. The zero-order valence-corrected chi connectivity index (χ0v) is 11.9. The first-order valence-electron chi connectivity index (χ1n) is 6.41. The zero-order chi connectivity index (χ0) is 13.7. The molecule has 1 heterocycles. The fourth-order valence-electron chi connectivity index (χ4n) is 2.18. The van der Waals surface area contributed by atoms with Crippen LogP contribution in [0.4, 0.5) is 0 Å². The van der Waals surface area contributed by atoms with Crippen molar-refractivity contribution in [2.24, 2.45) is 10.9 Å². The smallest absolute Gasteiger partial charge is 0.170 e. The number of nitrogens with zero attached hydrogens (tertiary/aromatic N) is 2. The molecule has 0 amide bonds. The lowest BCUT2D eigenvalue weighted by Gasteiger charge is -2.06. The van der Waals surface area contributed by atoms with Gasteiger partial charge in [0.15, 0.2) is 5.84 Å². The molecule has 0 saturated carbocycles. The molecule has 0 aliphatic carbocycles. The van der Waals surface area contributed by atoms with Gasteiger partial charge in [0, 0.05) is 29.2 Å². The van der Waals surface area contributed by atoms with Crippen LogP contribution in [0.25, 0.3) is 10.9 Å². The minimum Gasteiger partial charge on any atom is -0.409 e. The second-order valence-electron chi connectivity index (χ2n) is 4.28. The number of hydrogen-bond acceptors (Lipinski definition) is 3. The Morgan fingerprint density at radius 1 is 1.42 bits per heavy atom. The molecule has 1 aromatic carbocycles. The molecule has 0 bridgehead atoms. The Morgan fingerprint density at radius 2 is 2.26 bits per heavy atom. The summed E-state index contributed by atoms with van der Waals surface area (Å²) < 4.78 is 2.22. The highest BCUT2D eigenvalue weighted by molar-refractivity contribution is 7.99. The molecule has 2 rings (SSSR count). The van der Waals surface area contributed by atoms with E-state index in [9.17, 15) is 0 Å². The molecule has 3 N–H and O–H groups in total. The summed E-state index contributed by atoms with van der Waals surface area (Å²) >= 11 is 1.96. The van der Waals surface area contributed by atoms with Crippen LogP contribution in [0.3, 0.4) is 0 Å². The van der Waals surface area contributed by atoms with E-state index >= 15 is 0 Å². The van der Waals surface area contributed by atoms with E-state index in [2.05, 4.69) is 28.9 Å². The molecule has 0 fully saturated rings. The van der Waals surface area contributed by atoms with Gasteiger partial charge in [0.25, 0.3) is 0 Å². The molecule has 19 heavy (non-hydrogen) atoms. The number of rotatable bonds is 6. The molecule has 0 saturated heterocycles. The molecule has 0 atom stereocenters. The summed E-state index contributed by atoms with van der Waals surface area (Å²) in [6, 6.07) is 7.90. The van der Waals surface area contributed by atoms with Crippen molar-refractivity contribution in [1.82, 2.24) is 4.57 Å². The summed E-state index contributed by atoms with van der Waals surface area (Å²) in [5.74, 6) is 2.50. The van der Waals surface area contributed by atoms with Gasteiger partial charge < -0.3 is 15.5 Å². The molecular formula is C14H19N3OS. The Balaban J connectivity index is 2.23. The molecule has 0 spiro atoms. The summed E-state index contributed by atoms with van der Waals surface area (Å²) in [5.41, 5.74) is 7.61. The van der Waals surface area contributed by atoms with E-state index in [0.29, 0.717) is 0 Å². The third-order valence-corrected chi connectivity index (χ3v) is 4.07. The van der Waals surface area contributed by atoms with Crippen molar-refractivity contribution in [1.29, 1.82) is 0 Å². The van der Waals surface area contributed by atoms with Crippen LogP contribution in [-0.2, 0) is 6.54 Å². The van der Waals surface area contributed by atoms with Crippen LogP contribution >= 0.6 is 11.8 Å². The van der Waals surface area contributed by atoms with Gasteiger partial charge in [-0.15, -0.1) is 0 Å². The van der Waals surface area contributed by atoms with Crippen LogP contribution in [0.5, 0.6) is 0 Å². The lowest BCUT2D eigenvalue weighted by molar-refractivity contribution is 0.318. The molecule has 0 aliphatic heterocycles. The van der Waals surface area contributed by atoms with Crippen molar-refractivity contribution in [3.63, 3.8) is 0 Å². The normalized spacial score (nSPS) is 12.2. The average molecular weight is 277 g/mol. The zero-order valence-electron chi connectivity index (χ0n) is 11.0. The number of fused-ring (bicyclic) bond motifs is 1. The lowest BCUT2D eigenvalue weighted by Crippen LogP contribution is -2.13. The Hall–Kier alpha value is -1.62. The summed E-state index contributed by atoms with van der Waals surface area (Å²) in [5, 5.41) is 12.9. The monoisotopic (exact) mass is 277 g/mol. The molecular weight excluding hydrogens is 258 g/mol. The maximum absolute atomic E-state index is 8.81. The van der Waals surface area contributed by atoms with E-state index in [0.717, 1.165) is 29.4 Å². The average Bonchev–Trinajstić information content (AvgIpc) is 2.86. The summed E-state index contributed by atoms with van der Waals surface area (Å²) in [6.07, 6.45) is 3.21. The van der Waals surface area contributed by atoms with Crippen LogP contribution < -0.4 is 5.73 Å². The third kappa shape index (κ3) is 3.04. The predicted molar refractivity (Wildman–Crippen MR) is 82.1 cm³/mol. The molecule has 0 aliphatic rings. The molecule has 0 unspecified atom stereocenters. The van der Waals surface area contributed by atoms with E-state index < -0.39 is 0 Å². The first kappa shape index (κ1) is 13.8. The van der Waals surface area contributed by atoms with Crippen LogP contribution in [0.15, 0.2) is 35.6 Å². The highest BCUT2D eigenvalue weighted by Crippen LogP contribution is 2.20. The molecule has 4 nitrogen and oxygen atoms in total. The van der Waals surface area contributed by atoms with Crippen molar-refractivity contribution in [3.8, 4) is 0 Å². The highest BCUT2D eigenvalue weighted by atomic mass is 32.2. The first-order valence-corrected chi connectivity index (χ1v) is 7.57. The number of aromatic nitrogens is 1. The summed E-state index contributed by atoms with van der Waals surface area (Å²) in [7, 11) is 0. The van der Waals surface area contributed by atoms with Crippen LogP contribution in [0, 0.1) is 0 Å². The lowest BCUT2D eigenvalue weighted by atomic mass is 10.1. The van der Waals surface area contributed by atoms with Crippen LogP contribution in [0.1, 0.15) is 18.9 Å². The van der Waals surface area contributed by atoms with E-state index in [1.165, 1.54) is 11.5 Å². The number of thioether (sulfide) groups is 1. The fraction of sp³-hybridized carbons (Fsp3) is 0.357. The van der Waals surface area contributed by atoms with Gasteiger partial charge in [-0.3, -0.25) is 0 Å². The molecule has 5 heteroatoms. The predicted octanol–water partition coefficient (Wildman–Crippen LogP) is 2.88. The van der Waals surface area contributed by atoms with E-state index in [4.69, 9.17) is 10.9 Å². The maximum Gasteiger partial charge on any atom is 0.170 e. The minimum atomic E-state index is 0.157. The third-order valence-electron chi connectivity index (χ3n) is 3.09. The van der Waals surface area contributed by atoms with Crippen LogP contribution in [0.2, 0.25) is 0 Å². The van der Waals surface area contributed by atoms with Gasteiger partial charge in [-0.05, 0) is 30.1 Å². The number of benzene rings is 1. The highest BCUT2D eigenvalue weighted by Gasteiger charge is 2.08. The van der Waals surface area contributed by atoms with Crippen LogP contribution in [-0.4, -0.2) is 27.1 Å². The molecule has 0 radical (unpaired) electrons. The summed E-state index contributed by atoms with van der Waals surface area (Å²) in [6.45, 7) is 3.18. The fourth-order valence-corrected chi connectivity index (χ4v) is 2.80. The van der Waals surface area contributed by atoms with E-state index in [1.807, 2.05) is 30.0 Å². The van der Waals surface area contributed by atoms with Crippen molar-refractivity contribution in [2.75, 3.05) is 11.5 Å². The minimum absolute atomic E-state index is 0.157. The van der Waals surface area contributed by atoms with Crippen molar-refractivity contribution in [3.05, 3.63) is 36.0 Å². The van der Waals surface area contributed by atoms with Crippen molar-refractivity contribution >= 4 is 28.5 Å². The van der Waals surface area contributed by atoms with Gasteiger partial charge >= 0.3 is 0 Å². The number of aryl methyl sites for hydroxylation is 1. The SMILES string of the molecule is CCSCCCn1ccc2c(/C(N)=N/O)cccc21. The second kappa shape index (κ2) is 6.52. The Bertz CT molecular complexity index is 577. The quantitative estimate of drug-likeness (QED) is 0.280. The standard InChI is InChI=1S/C14H19N3OS/c1-2-19-10-4-8-17-9-7-11-12(14(15)16-18)5-3-6-13(11)17/h3,5-7,9,18H,2,4,8,10H2,1H3,(H2,15,16). The van der Waals surface area contributed by atoms with E-state index in [1.54, 1.807) is 0 Å². The molecule has 102 valence electrons. The van der Waals surface area contributed by atoms with Gasteiger partial charge in [-0.1, -0.05) is 24.2 Å². The Morgan fingerprint density at radius 3 is 3.00 bits per heavy atom. The number of nitrogens with two attached hydrogens (primary N) is 1. The Labute approximate surface area is 117 Å². The Kier molecular flexibility index (Phi) is 4.74. The van der Waals surface area contributed by atoms with E-state index in [-0.39, 0.29) is 5.84 Å². The maximum atomic E-state index is 8.81. The second-order valence-corrected chi connectivity index (χ2v) is 5.68. The van der Waals surface area contributed by atoms with Crippen molar-refractivity contribution < 1.29 is 5.21 Å². The van der Waals surface area contributed by atoms with Gasteiger partial charge in [0.05, 0.1) is 0 Å². The van der Waals surface area contributed by atoms with Crippen molar-refractivity contribution in [2.45, 2.75) is 19.9 Å². The summed E-state index contributed by atoms with van der Waals surface area (Å²) in [4.78, 5) is 0. The van der Waals surface area contributed by atoms with Gasteiger partial charge in [0.2, 0.25) is 0 Å². The van der Waals surface area contributed by atoms with Gasteiger partial charge in [0.1, 0.15) is 0 Å². The number of oxime groups is 1. The number of hydrogen-bond donors (Lipinski definition) is 2. The first-order chi connectivity index (χ1) is 9.27. The largest absolute Gasteiger partial charge is 0.409 e. The van der Waals surface area contributed by atoms with Gasteiger partial charge in [-0.25, -0.2) is 0 Å².